The van der Waals surface area contributed by atoms with E-state index in [4.69, 9.17) is 9.47 Å². The molecule has 0 saturated carbocycles. The highest BCUT2D eigenvalue weighted by Crippen LogP contribution is 2.18. The summed E-state index contributed by atoms with van der Waals surface area (Å²) < 4.78 is 10.2. The maximum absolute atomic E-state index is 5.08. The fourth-order valence-electron chi connectivity index (χ4n) is 1.44. The molecule has 2 unspecified atom stereocenters. The van der Waals surface area contributed by atoms with Crippen LogP contribution in [-0.2, 0) is 0 Å². The summed E-state index contributed by atoms with van der Waals surface area (Å²) in [6.07, 6.45) is 0.975. The van der Waals surface area contributed by atoms with Crippen molar-refractivity contribution in [2.24, 2.45) is 0 Å². The van der Waals surface area contributed by atoms with Crippen molar-refractivity contribution in [3.05, 3.63) is 6.07 Å². The molecule has 1 rings (SSSR count). The van der Waals surface area contributed by atoms with Crippen LogP contribution in [0.25, 0.3) is 0 Å². The summed E-state index contributed by atoms with van der Waals surface area (Å²) in [4.78, 5) is 8.86. The molecule has 17 heavy (non-hydrogen) atoms. The molecule has 0 aromatic carbocycles. The molecule has 0 radical (unpaired) electrons. The van der Waals surface area contributed by atoms with Gasteiger partial charge in [0.2, 0.25) is 17.7 Å². The Morgan fingerprint density at radius 3 is 2.18 bits per heavy atom. The van der Waals surface area contributed by atoms with Crippen molar-refractivity contribution in [2.75, 3.05) is 19.5 Å². The van der Waals surface area contributed by atoms with Crippen molar-refractivity contribution in [1.82, 2.24) is 9.97 Å². The minimum absolute atomic E-state index is 0.265. The Hall–Kier alpha value is -1.04. The molecule has 0 aliphatic carbocycles. The van der Waals surface area contributed by atoms with Crippen molar-refractivity contribution in [2.45, 2.75) is 31.1 Å². The first kappa shape index (κ1) is 14.0. The van der Waals surface area contributed by atoms with E-state index in [1.165, 1.54) is 0 Å². The summed E-state index contributed by atoms with van der Waals surface area (Å²) in [5.41, 5.74) is 0. The van der Waals surface area contributed by atoms with Gasteiger partial charge in [-0.2, -0.15) is 9.97 Å². The summed E-state index contributed by atoms with van der Waals surface area (Å²) in [5.74, 6) is 1.48. The highest BCUT2D eigenvalue weighted by molar-refractivity contribution is 9.09. The quantitative estimate of drug-likeness (QED) is 0.818. The van der Waals surface area contributed by atoms with E-state index in [0.717, 1.165) is 6.42 Å². The van der Waals surface area contributed by atoms with Gasteiger partial charge < -0.3 is 14.8 Å². The van der Waals surface area contributed by atoms with Crippen molar-refractivity contribution >= 4 is 21.9 Å². The minimum Gasteiger partial charge on any atom is -0.481 e. The second-order valence-electron chi connectivity index (χ2n) is 3.84. The number of ether oxygens (including phenoxy) is 2. The zero-order chi connectivity index (χ0) is 12.8. The Morgan fingerprint density at radius 1 is 1.24 bits per heavy atom. The van der Waals surface area contributed by atoms with Crippen LogP contribution in [0.2, 0.25) is 0 Å². The van der Waals surface area contributed by atoms with Gasteiger partial charge in [-0.05, 0) is 13.3 Å². The zero-order valence-corrected chi connectivity index (χ0v) is 12.1. The molecular formula is C11H18BrN3O2. The molecule has 5 nitrogen and oxygen atoms in total. The number of nitrogens with one attached hydrogen (secondary N) is 1. The third kappa shape index (κ3) is 4.77. The lowest BCUT2D eigenvalue weighted by atomic mass is 10.2. The van der Waals surface area contributed by atoms with E-state index in [1.54, 1.807) is 20.3 Å². The van der Waals surface area contributed by atoms with E-state index >= 15 is 0 Å². The topological polar surface area (TPSA) is 56.3 Å². The lowest BCUT2D eigenvalue weighted by Gasteiger charge is -2.15. The van der Waals surface area contributed by atoms with Gasteiger partial charge in [0.15, 0.2) is 0 Å². The van der Waals surface area contributed by atoms with Crippen molar-refractivity contribution in [3.63, 3.8) is 0 Å². The summed E-state index contributed by atoms with van der Waals surface area (Å²) in [6.45, 7) is 4.18. The SMILES string of the molecule is COc1cc(OC)nc(NC(C)CC(C)Br)n1. The molecule has 2 atom stereocenters. The van der Waals surface area contributed by atoms with Crippen LogP contribution in [0.5, 0.6) is 11.8 Å². The number of methoxy groups -OCH3 is 2. The summed E-state index contributed by atoms with van der Waals surface area (Å²) in [7, 11) is 3.13. The van der Waals surface area contributed by atoms with Gasteiger partial charge in [0.1, 0.15) is 0 Å². The highest BCUT2D eigenvalue weighted by Gasteiger charge is 2.10. The van der Waals surface area contributed by atoms with Crippen LogP contribution < -0.4 is 14.8 Å². The van der Waals surface area contributed by atoms with Gasteiger partial charge in [0.25, 0.3) is 0 Å². The number of aromatic nitrogens is 2. The number of hydrogen-bond acceptors (Lipinski definition) is 5. The molecular weight excluding hydrogens is 286 g/mol. The fraction of sp³-hybridized carbons (Fsp3) is 0.636. The lowest BCUT2D eigenvalue weighted by Crippen LogP contribution is -2.20. The molecule has 0 bridgehead atoms. The van der Waals surface area contributed by atoms with Gasteiger partial charge in [-0.1, -0.05) is 22.9 Å². The molecule has 0 amide bonds. The minimum atomic E-state index is 0.265. The highest BCUT2D eigenvalue weighted by atomic mass is 79.9. The van der Waals surface area contributed by atoms with Gasteiger partial charge in [-0.3, -0.25) is 0 Å². The molecule has 0 fully saturated rings. The third-order valence-corrected chi connectivity index (χ3v) is 2.53. The number of nitrogens with zero attached hydrogens (tertiary/aromatic N) is 2. The molecule has 0 aliphatic rings. The number of hydrogen-bond donors (Lipinski definition) is 1. The molecule has 96 valence electrons. The van der Waals surface area contributed by atoms with E-state index in [2.05, 4.69) is 45.1 Å². The first-order valence-corrected chi connectivity index (χ1v) is 6.34. The summed E-state index contributed by atoms with van der Waals surface area (Å²) in [6, 6.07) is 1.91. The standard InChI is InChI=1S/C11H18BrN3O2/c1-7(12)5-8(2)13-11-14-9(16-3)6-10(15-11)17-4/h6-8H,5H2,1-4H3,(H,13,14,15). The molecule has 1 aromatic heterocycles. The smallest absolute Gasteiger partial charge is 0.229 e. The van der Waals surface area contributed by atoms with E-state index < -0.39 is 0 Å². The van der Waals surface area contributed by atoms with Crippen molar-refractivity contribution in [3.8, 4) is 11.8 Å². The van der Waals surface area contributed by atoms with Crippen LogP contribution in [0.3, 0.4) is 0 Å². The van der Waals surface area contributed by atoms with Gasteiger partial charge in [-0.15, -0.1) is 0 Å². The Balaban J connectivity index is 2.75. The van der Waals surface area contributed by atoms with Gasteiger partial charge in [-0.25, -0.2) is 0 Å². The molecule has 1 N–H and O–H groups in total. The van der Waals surface area contributed by atoms with Gasteiger partial charge >= 0.3 is 0 Å². The molecule has 1 aromatic rings. The maximum atomic E-state index is 5.08. The monoisotopic (exact) mass is 303 g/mol. The van der Waals surface area contributed by atoms with E-state index in [0.29, 0.717) is 22.5 Å². The second-order valence-corrected chi connectivity index (χ2v) is 5.40. The molecule has 0 aliphatic heterocycles. The van der Waals surface area contributed by atoms with Crippen LogP contribution in [0.15, 0.2) is 6.07 Å². The fourth-order valence-corrected chi connectivity index (χ4v) is 2.00. The first-order chi connectivity index (χ1) is 8.05. The van der Waals surface area contributed by atoms with Crippen molar-refractivity contribution in [1.29, 1.82) is 0 Å². The normalized spacial score (nSPS) is 13.9. The van der Waals surface area contributed by atoms with E-state index in [1.807, 2.05) is 0 Å². The lowest BCUT2D eigenvalue weighted by molar-refractivity contribution is 0.372. The van der Waals surface area contributed by atoms with Crippen LogP contribution in [0.4, 0.5) is 5.95 Å². The van der Waals surface area contributed by atoms with Crippen LogP contribution in [-0.4, -0.2) is 35.1 Å². The average Bonchev–Trinajstić information content (AvgIpc) is 2.27. The van der Waals surface area contributed by atoms with E-state index in [-0.39, 0.29) is 6.04 Å². The molecule has 1 heterocycles. The zero-order valence-electron chi connectivity index (χ0n) is 10.5. The summed E-state index contributed by atoms with van der Waals surface area (Å²) >= 11 is 3.51. The predicted molar refractivity (Wildman–Crippen MR) is 71.2 cm³/mol. The second kappa shape index (κ2) is 6.64. The van der Waals surface area contributed by atoms with E-state index in [9.17, 15) is 0 Å². The number of anilines is 1. The number of alkyl halides is 1. The Bertz CT molecular complexity index is 338. The Morgan fingerprint density at radius 2 is 1.76 bits per heavy atom. The van der Waals surface area contributed by atoms with Gasteiger partial charge in [0, 0.05) is 10.9 Å². The number of halogens is 1. The van der Waals surface area contributed by atoms with Crippen LogP contribution in [0.1, 0.15) is 20.3 Å². The predicted octanol–water partition coefficient (Wildman–Crippen LogP) is 2.47. The molecule has 6 heteroatoms. The average molecular weight is 304 g/mol. The van der Waals surface area contributed by atoms with Crippen LogP contribution in [0, 0.1) is 0 Å². The van der Waals surface area contributed by atoms with Gasteiger partial charge in [0.05, 0.1) is 20.3 Å². The number of rotatable bonds is 6. The first-order valence-electron chi connectivity index (χ1n) is 5.42. The maximum Gasteiger partial charge on any atom is 0.229 e. The van der Waals surface area contributed by atoms with Crippen molar-refractivity contribution < 1.29 is 9.47 Å². The third-order valence-electron chi connectivity index (χ3n) is 2.15. The largest absolute Gasteiger partial charge is 0.481 e. The Labute approximate surface area is 110 Å². The van der Waals surface area contributed by atoms with Crippen LogP contribution >= 0.6 is 15.9 Å². The molecule has 0 spiro atoms. The molecule has 0 saturated heterocycles. The Kier molecular flexibility index (Phi) is 5.47. The summed E-state index contributed by atoms with van der Waals surface area (Å²) in [5, 5.41) is 3.21.